The van der Waals surface area contributed by atoms with Gasteiger partial charge in [0.25, 0.3) is 0 Å². The first-order chi connectivity index (χ1) is 9.72. The van der Waals surface area contributed by atoms with Crippen LogP contribution in [0.5, 0.6) is 5.75 Å². The summed E-state index contributed by atoms with van der Waals surface area (Å²) in [5, 5.41) is 16.6. The Morgan fingerprint density at radius 1 is 1.35 bits per heavy atom. The number of hydrogen-bond acceptors (Lipinski definition) is 4. The maximum absolute atomic E-state index is 11.0. The van der Waals surface area contributed by atoms with E-state index in [1.54, 1.807) is 4.68 Å². The smallest absolute Gasteiger partial charge is 0.358 e. The number of carboxylic acids is 1. The Morgan fingerprint density at radius 3 is 2.75 bits per heavy atom. The topological polar surface area (TPSA) is 77.2 Å². The number of rotatable bonds is 7. The average Bonchev–Trinajstić information content (AvgIpc) is 2.88. The lowest BCUT2D eigenvalue weighted by molar-refractivity contribution is 0.0689. The maximum Gasteiger partial charge on any atom is 0.358 e. The minimum atomic E-state index is -1.03. The Bertz CT molecular complexity index is 566. The fourth-order valence-corrected chi connectivity index (χ4v) is 1.95. The number of carboxylic acid groups (broad SMARTS) is 1. The van der Waals surface area contributed by atoms with E-state index in [1.165, 1.54) is 0 Å². The van der Waals surface area contributed by atoms with Crippen molar-refractivity contribution in [1.29, 1.82) is 0 Å². The van der Waals surface area contributed by atoms with Crippen molar-refractivity contribution in [1.82, 2.24) is 15.0 Å². The second-order valence-electron chi connectivity index (χ2n) is 4.28. The van der Waals surface area contributed by atoms with Gasteiger partial charge in [0.05, 0.1) is 12.3 Å². The largest absolute Gasteiger partial charge is 0.494 e. The highest BCUT2D eigenvalue weighted by molar-refractivity contribution is 5.86. The van der Waals surface area contributed by atoms with E-state index < -0.39 is 5.97 Å². The fourth-order valence-electron chi connectivity index (χ4n) is 1.95. The van der Waals surface area contributed by atoms with Crippen LogP contribution in [-0.4, -0.2) is 32.7 Å². The van der Waals surface area contributed by atoms with Crippen molar-refractivity contribution in [3.63, 3.8) is 0 Å². The van der Waals surface area contributed by atoms with Gasteiger partial charge in [-0.2, -0.15) is 0 Å². The van der Waals surface area contributed by atoms with Crippen molar-refractivity contribution in [2.24, 2.45) is 0 Å². The number of para-hydroxylation sites is 1. The standard InChI is InChI=1S/C14H17N3O3/c1-2-12-13(14(18)19)15-16-17(12)9-6-10-20-11-7-4-3-5-8-11/h3-5,7-8H,2,6,9-10H2,1H3,(H,18,19). The van der Waals surface area contributed by atoms with Crippen LogP contribution in [0.2, 0.25) is 0 Å². The first-order valence-corrected chi connectivity index (χ1v) is 6.56. The highest BCUT2D eigenvalue weighted by atomic mass is 16.5. The Morgan fingerprint density at radius 2 is 2.10 bits per heavy atom. The quantitative estimate of drug-likeness (QED) is 0.782. The van der Waals surface area contributed by atoms with Crippen LogP contribution in [0.15, 0.2) is 30.3 Å². The summed E-state index contributed by atoms with van der Waals surface area (Å²) in [6.07, 6.45) is 1.33. The summed E-state index contributed by atoms with van der Waals surface area (Å²) in [6.45, 7) is 3.04. The predicted octanol–water partition coefficient (Wildman–Crippen LogP) is 2.01. The van der Waals surface area contributed by atoms with E-state index >= 15 is 0 Å². The van der Waals surface area contributed by atoms with Crippen molar-refractivity contribution < 1.29 is 14.6 Å². The molecule has 0 bridgehead atoms. The number of aryl methyl sites for hydroxylation is 1. The second-order valence-corrected chi connectivity index (χ2v) is 4.28. The third-order valence-electron chi connectivity index (χ3n) is 2.90. The molecule has 0 aliphatic rings. The van der Waals surface area contributed by atoms with Gasteiger partial charge in [-0.1, -0.05) is 30.3 Å². The number of hydrogen-bond donors (Lipinski definition) is 1. The Hall–Kier alpha value is -2.37. The fraction of sp³-hybridized carbons (Fsp3) is 0.357. The molecule has 1 aromatic heterocycles. The summed E-state index contributed by atoms with van der Waals surface area (Å²) in [5.41, 5.74) is 0.689. The zero-order valence-corrected chi connectivity index (χ0v) is 11.3. The molecule has 0 spiro atoms. The Balaban J connectivity index is 1.87. The van der Waals surface area contributed by atoms with Gasteiger partial charge in [-0.3, -0.25) is 0 Å². The van der Waals surface area contributed by atoms with Crippen LogP contribution in [0.25, 0.3) is 0 Å². The van der Waals surface area contributed by atoms with Gasteiger partial charge in [-0.15, -0.1) is 5.10 Å². The zero-order valence-electron chi connectivity index (χ0n) is 11.3. The van der Waals surface area contributed by atoms with Gasteiger partial charge in [-0.05, 0) is 18.6 Å². The van der Waals surface area contributed by atoms with E-state index in [0.29, 0.717) is 25.3 Å². The number of benzene rings is 1. The molecule has 6 heteroatoms. The molecule has 20 heavy (non-hydrogen) atoms. The van der Waals surface area contributed by atoms with Crippen molar-refractivity contribution in [2.45, 2.75) is 26.3 Å². The second kappa shape index (κ2) is 6.70. The van der Waals surface area contributed by atoms with E-state index in [-0.39, 0.29) is 5.69 Å². The number of aromatic nitrogens is 3. The molecule has 0 amide bonds. The first kappa shape index (κ1) is 14.0. The van der Waals surface area contributed by atoms with Crippen LogP contribution in [-0.2, 0) is 13.0 Å². The lowest BCUT2D eigenvalue weighted by Gasteiger charge is -2.07. The number of carbonyl (C=O) groups is 1. The summed E-state index contributed by atoms with van der Waals surface area (Å²) >= 11 is 0. The van der Waals surface area contributed by atoms with E-state index in [0.717, 1.165) is 12.2 Å². The van der Waals surface area contributed by atoms with E-state index in [9.17, 15) is 4.79 Å². The van der Waals surface area contributed by atoms with Crippen LogP contribution in [0.3, 0.4) is 0 Å². The molecule has 0 saturated carbocycles. The number of nitrogens with zero attached hydrogens (tertiary/aromatic N) is 3. The molecular formula is C14H17N3O3. The Labute approximate surface area is 117 Å². The van der Waals surface area contributed by atoms with Gasteiger partial charge in [-0.25, -0.2) is 9.48 Å². The molecule has 2 aromatic rings. The van der Waals surface area contributed by atoms with Crippen LogP contribution < -0.4 is 4.74 Å². The first-order valence-electron chi connectivity index (χ1n) is 6.56. The molecule has 0 saturated heterocycles. The van der Waals surface area contributed by atoms with Gasteiger partial charge in [0, 0.05) is 13.0 Å². The van der Waals surface area contributed by atoms with Gasteiger partial charge < -0.3 is 9.84 Å². The Kier molecular flexibility index (Phi) is 4.70. The summed E-state index contributed by atoms with van der Waals surface area (Å²) in [6, 6.07) is 9.57. The minimum Gasteiger partial charge on any atom is -0.494 e. The molecule has 1 N–H and O–H groups in total. The van der Waals surface area contributed by atoms with Crippen LogP contribution in [0, 0.1) is 0 Å². The predicted molar refractivity (Wildman–Crippen MR) is 72.9 cm³/mol. The van der Waals surface area contributed by atoms with Gasteiger partial charge in [0.1, 0.15) is 5.75 Å². The van der Waals surface area contributed by atoms with Crippen LogP contribution in [0.4, 0.5) is 0 Å². The molecule has 106 valence electrons. The number of ether oxygens (including phenoxy) is 1. The third kappa shape index (κ3) is 3.34. The highest BCUT2D eigenvalue weighted by Gasteiger charge is 2.16. The molecule has 0 unspecified atom stereocenters. The SMILES string of the molecule is CCc1c(C(=O)O)nnn1CCCOc1ccccc1. The van der Waals surface area contributed by atoms with Crippen molar-refractivity contribution >= 4 is 5.97 Å². The molecule has 1 heterocycles. The van der Waals surface area contributed by atoms with Crippen LogP contribution >= 0.6 is 0 Å². The van der Waals surface area contributed by atoms with Gasteiger partial charge >= 0.3 is 5.97 Å². The zero-order chi connectivity index (χ0) is 14.4. The molecule has 2 rings (SSSR count). The van der Waals surface area contributed by atoms with Gasteiger partial charge in [0.15, 0.2) is 5.69 Å². The molecule has 0 aliphatic heterocycles. The normalized spacial score (nSPS) is 10.4. The molecule has 0 fully saturated rings. The van der Waals surface area contributed by atoms with Gasteiger partial charge in [0.2, 0.25) is 0 Å². The van der Waals surface area contributed by atoms with E-state index in [2.05, 4.69) is 10.3 Å². The minimum absolute atomic E-state index is 0.0384. The van der Waals surface area contributed by atoms with Crippen molar-refractivity contribution in [3.05, 3.63) is 41.7 Å². The highest BCUT2D eigenvalue weighted by Crippen LogP contribution is 2.10. The molecule has 1 aromatic carbocycles. The molecule has 0 radical (unpaired) electrons. The maximum atomic E-state index is 11.0. The molecule has 0 atom stereocenters. The summed E-state index contributed by atoms with van der Waals surface area (Å²) in [7, 11) is 0. The van der Waals surface area contributed by atoms with Crippen molar-refractivity contribution in [2.75, 3.05) is 6.61 Å². The van der Waals surface area contributed by atoms with E-state index in [1.807, 2.05) is 37.3 Å². The number of aromatic carboxylic acids is 1. The third-order valence-corrected chi connectivity index (χ3v) is 2.90. The summed E-state index contributed by atoms with van der Waals surface area (Å²) in [5.74, 6) is -0.207. The molecule has 6 nitrogen and oxygen atoms in total. The average molecular weight is 275 g/mol. The van der Waals surface area contributed by atoms with Crippen LogP contribution in [0.1, 0.15) is 29.5 Å². The lowest BCUT2D eigenvalue weighted by Crippen LogP contribution is -2.10. The monoisotopic (exact) mass is 275 g/mol. The summed E-state index contributed by atoms with van der Waals surface area (Å²) < 4.78 is 7.21. The van der Waals surface area contributed by atoms with Crippen molar-refractivity contribution in [3.8, 4) is 5.75 Å². The lowest BCUT2D eigenvalue weighted by atomic mass is 10.2. The molecule has 0 aliphatic carbocycles. The summed E-state index contributed by atoms with van der Waals surface area (Å²) in [4.78, 5) is 11.0. The van der Waals surface area contributed by atoms with E-state index in [4.69, 9.17) is 9.84 Å². The molecular weight excluding hydrogens is 258 g/mol.